The number of hydrogen-bond acceptors (Lipinski definition) is 3. The second-order valence-electron chi connectivity index (χ2n) is 4.11. The number of hydrogen-bond donors (Lipinski definition) is 1. The van der Waals surface area contributed by atoms with Gasteiger partial charge in [0, 0.05) is 23.7 Å². The molecule has 19 heavy (non-hydrogen) atoms. The zero-order valence-corrected chi connectivity index (χ0v) is 11.3. The molecule has 2 N–H and O–H groups in total. The number of amides is 1. The number of thioether (sulfide) groups is 1. The number of carbonyl (C=O) groups excluding carboxylic acids is 2. The normalized spacial score (nSPS) is 10.4. The van der Waals surface area contributed by atoms with Crippen LogP contribution < -0.4 is 5.73 Å². The van der Waals surface area contributed by atoms with E-state index in [0.717, 1.165) is 4.90 Å². The number of carbonyl (C=O) groups is 2. The van der Waals surface area contributed by atoms with Gasteiger partial charge in [-0.05, 0) is 18.2 Å². The molecule has 0 saturated carbocycles. The highest BCUT2D eigenvalue weighted by atomic mass is 32.2. The highest BCUT2D eigenvalue weighted by Gasteiger charge is 2.13. The van der Waals surface area contributed by atoms with E-state index in [1.807, 2.05) is 30.3 Å². The Morgan fingerprint density at radius 3 is 2.53 bits per heavy atom. The second-order valence-corrected chi connectivity index (χ2v) is 5.16. The fourth-order valence-electron chi connectivity index (χ4n) is 1.71. The molecular formula is C14H14N2O2S. The third-order valence-electron chi connectivity index (χ3n) is 2.69. The van der Waals surface area contributed by atoms with Crippen LogP contribution in [0.3, 0.4) is 0 Å². The molecule has 1 amide bonds. The number of aryl methyl sites for hydroxylation is 1. The molecule has 0 aliphatic rings. The first kappa shape index (κ1) is 13.4. The van der Waals surface area contributed by atoms with Crippen LogP contribution in [0.1, 0.15) is 20.8 Å². The largest absolute Gasteiger partial charge is 0.364 e. The number of rotatable bonds is 5. The van der Waals surface area contributed by atoms with Crippen LogP contribution in [-0.4, -0.2) is 22.0 Å². The first-order valence-electron chi connectivity index (χ1n) is 5.75. The molecule has 2 rings (SSSR count). The smallest absolute Gasteiger partial charge is 0.265 e. The molecule has 0 bridgehead atoms. The molecule has 0 atom stereocenters. The molecule has 0 saturated heterocycles. The van der Waals surface area contributed by atoms with Crippen molar-refractivity contribution in [2.24, 2.45) is 12.8 Å². The van der Waals surface area contributed by atoms with Crippen molar-refractivity contribution in [1.29, 1.82) is 0 Å². The zero-order chi connectivity index (χ0) is 13.8. The van der Waals surface area contributed by atoms with Crippen molar-refractivity contribution in [2.45, 2.75) is 4.90 Å². The molecule has 4 nitrogen and oxygen atoms in total. The molecule has 1 aromatic heterocycles. The van der Waals surface area contributed by atoms with Crippen LogP contribution >= 0.6 is 11.8 Å². The van der Waals surface area contributed by atoms with Gasteiger partial charge in [-0.3, -0.25) is 9.59 Å². The number of primary amides is 1. The number of aromatic nitrogens is 1. The molecule has 0 unspecified atom stereocenters. The van der Waals surface area contributed by atoms with Gasteiger partial charge in [-0.2, -0.15) is 0 Å². The lowest BCUT2D eigenvalue weighted by atomic mass is 10.2. The maximum absolute atomic E-state index is 12.0. The molecule has 0 aliphatic heterocycles. The molecular weight excluding hydrogens is 260 g/mol. The van der Waals surface area contributed by atoms with Gasteiger partial charge in [0.05, 0.1) is 5.75 Å². The Bertz CT molecular complexity index is 605. The number of ketones is 1. The predicted octanol–water partition coefficient (Wildman–Crippen LogP) is 2.10. The van der Waals surface area contributed by atoms with Crippen LogP contribution in [-0.2, 0) is 7.05 Å². The van der Waals surface area contributed by atoms with Crippen molar-refractivity contribution in [3.8, 4) is 0 Å². The van der Waals surface area contributed by atoms with Crippen molar-refractivity contribution in [3.63, 3.8) is 0 Å². The number of nitrogens with zero attached hydrogens (tertiary/aromatic N) is 1. The van der Waals surface area contributed by atoms with E-state index < -0.39 is 5.91 Å². The summed E-state index contributed by atoms with van der Waals surface area (Å²) in [4.78, 5) is 24.2. The van der Waals surface area contributed by atoms with Crippen molar-refractivity contribution in [1.82, 2.24) is 4.57 Å². The van der Waals surface area contributed by atoms with Crippen LogP contribution in [0.15, 0.2) is 47.5 Å². The Labute approximate surface area is 115 Å². The SMILES string of the molecule is Cn1cc(C(=O)CSc2ccccc2)cc1C(N)=O. The number of nitrogens with two attached hydrogens (primary N) is 1. The van der Waals surface area contributed by atoms with Crippen LogP contribution in [0.4, 0.5) is 0 Å². The van der Waals surface area contributed by atoms with E-state index in [1.54, 1.807) is 17.8 Å². The summed E-state index contributed by atoms with van der Waals surface area (Å²) >= 11 is 1.47. The first-order valence-corrected chi connectivity index (χ1v) is 6.73. The highest BCUT2D eigenvalue weighted by molar-refractivity contribution is 8.00. The second kappa shape index (κ2) is 5.75. The molecule has 0 fully saturated rings. The summed E-state index contributed by atoms with van der Waals surface area (Å²) in [6, 6.07) is 11.2. The van der Waals surface area contributed by atoms with E-state index in [2.05, 4.69) is 0 Å². The molecule has 98 valence electrons. The van der Waals surface area contributed by atoms with E-state index >= 15 is 0 Å². The van der Waals surface area contributed by atoms with Crippen LogP contribution in [0.5, 0.6) is 0 Å². The fraction of sp³-hybridized carbons (Fsp3) is 0.143. The Hall–Kier alpha value is -2.01. The summed E-state index contributed by atoms with van der Waals surface area (Å²) in [5.74, 6) is -0.208. The molecule has 0 radical (unpaired) electrons. The summed E-state index contributed by atoms with van der Waals surface area (Å²) in [6.45, 7) is 0. The summed E-state index contributed by atoms with van der Waals surface area (Å²) in [5, 5.41) is 0. The van der Waals surface area contributed by atoms with Crippen molar-refractivity contribution < 1.29 is 9.59 Å². The predicted molar refractivity (Wildman–Crippen MR) is 75.4 cm³/mol. The first-order chi connectivity index (χ1) is 9.08. The Morgan fingerprint density at radius 1 is 1.26 bits per heavy atom. The summed E-state index contributed by atoms with van der Waals surface area (Å²) < 4.78 is 1.57. The highest BCUT2D eigenvalue weighted by Crippen LogP contribution is 2.19. The van der Waals surface area contributed by atoms with Crippen LogP contribution in [0.25, 0.3) is 0 Å². The van der Waals surface area contributed by atoms with Gasteiger partial charge in [0.25, 0.3) is 5.91 Å². The molecule has 0 aliphatic carbocycles. The lowest BCUT2D eigenvalue weighted by molar-refractivity contribution is 0.0991. The maximum atomic E-state index is 12.0. The minimum Gasteiger partial charge on any atom is -0.364 e. The lowest BCUT2D eigenvalue weighted by Gasteiger charge is -1.99. The van der Waals surface area contributed by atoms with E-state index in [0.29, 0.717) is 17.0 Å². The van der Waals surface area contributed by atoms with Gasteiger partial charge < -0.3 is 10.3 Å². The maximum Gasteiger partial charge on any atom is 0.265 e. The Kier molecular flexibility index (Phi) is 4.06. The van der Waals surface area contributed by atoms with Gasteiger partial charge in [0.1, 0.15) is 5.69 Å². The summed E-state index contributed by atoms with van der Waals surface area (Å²) in [6.07, 6.45) is 1.63. The summed E-state index contributed by atoms with van der Waals surface area (Å²) in [5.41, 5.74) is 6.07. The standard InChI is InChI=1S/C14H14N2O2S/c1-16-8-10(7-12(16)14(15)18)13(17)9-19-11-5-3-2-4-6-11/h2-8H,9H2,1H3,(H2,15,18). The monoisotopic (exact) mass is 274 g/mol. The third-order valence-corrected chi connectivity index (χ3v) is 3.70. The van der Waals surface area contributed by atoms with E-state index in [9.17, 15) is 9.59 Å². The van der Waals surface area contributed by atoms with Gasteiger partial charge in [-0.15, -0.1) is 11.8 Å². The van der Waals surface area contributed by atoms with Crippen molar-refractivity contribution in [2.75, 3.05) is 5.75 Å². The van der Waals surface area contributed by atoms with Gasteiger partial charge in [-0.1, -0.05) is 18.2 Å². The Morgan fingerprint density at radius 2 is 1.95 bits per heavy atom. The quantitative estimate of drug-likeness (QED) is 0.670. The summed E-state index contributed by atoms with van der Waals surface area (Å²) in [7, 11) is 1.70. The van der Waals surface area contributed by atoms with Crippen molar-refractivity contribution >= 4 is 23.5 Å². The Balaban J connectivity index is 2.04. The molecule has 0 spiro atoms. The van der Waals surface area contributed by atoms with E-state index in [1.165, 1.54) is 17.8 Å². The lowest BCUT2D eigenvalue weighted by Crippen LogP contribution is -2.14. The average Bonchev–Trinajstić information content (AvgIpc) is 2.79. The third kappa shape index (κ3) is 3.26. The molecule has 5 heteroatoms. The van der Waals surface area contributed by atoms with Crippen LogP contribution in [0.2, 0.25) is 0 Å². The van der Waals surface area contributed by atoms with E-state index in [-0.39, 0.29) is 5.78 Å². The number of benzene rings is 1. The zero-order valence-electron chi connectivity index (χ0n) is 10.5. The minimum absolute atomic E-state index is 0.0167. The van der Waals surface area contributed by atoms with Gasteiger partial charge in [0.2, 0.25) is 0 Å². The molecule has 1 aromatic carbocycles. The van der Waals surface area contributed by atoms with Gasteiger partial charge in [-0.25, -0.2) is 0 Å². The molecule has 1 heterocycles. The molecule has 2 aromatic rings. The van der Waals surface area contributed by atoms with Gasteiger partial charge in [0.15, 0.2) is 5.78 Å². The van der Waals surface area contributed by atoms with Gasteiger partial charge >= 0.3 is 0 Å². The topological polar surface area (TPSA) is 65.1 Å². The van der Waals surface area contributed by atoms with Crippen LogP contribution in [0, 0.1) is 0 Å². The number of Topliss-reactive ketones (excluding diaryl/α,β-unsaturated/α-hetero) is 1. The van der Waals surface area contributed by atoms with E-state index in [4.69, 9.17) is 5.73 Å². The average molecular weight is 274 g/mol. The minimum atomic E-state index is -0.530. The fourth-order valence-corrected chi connectivity index (χ4v) is 2.52. The van der Waals surface area contributed by atoms with Crippen molar-refractivity contribution in [3.05, 3.63) is 53.9 Å².